The zero-order chi connectivity index (χ0) is 13.0. The van der Waals surface area contributed by atoms with E-state index >= 15 is 0 Å². The maximum atomic E-state index is 5.76. The highest BCUT2D eigenvalue weighted by Gasteiger charge is 2.04. The number of nitrogens with two attached hydrogens (primary N) is 2. The van der Waals surface area contributed by atoms with Crippen LogP contribution >= 0.6 is 0 Å². The molecule has 0 saturated carbocycles. The van der Waals surface area contributed by atoms with Gasteiger partial charge in [-0.05, 0) is 18.3 Å². The number of aromatic nitrogens is 1. The minimum absolute atomic E-state index is 0.277. The SMILES string of the molecule is C=Nc1nc(N)c(N=Cc2ccccc2)cc1N. The minimum Gasteiger partial charge on any atom is -0.396 e. The van der Waals surface area contributed by atoms with Crippen LogP contribution in [0.25, 0.3) is 0 Å². The van der Waals surface area contributed by atoms with Crippen molar-refractivity contribution in [1.29, 1.82) is 0 Å². The van der Waals surface area contributed by atoms with E-state index in [1.807, 2.05) is 30.3 Å². The molecule has 4 N–H and O–H groups in total. The highest BCUT2D eigenvalue weighted by Crippen LogP contribution is 2.29. The van der Waals surface area contributed by atoms with Crippen LogP contribution in [0.2, 0.25) is 0 Å². The number of pyridine rings is 1. The van der Waals surface area contributed by atoms with Gasteiger partial charge in [-0.25, -0.2) is 9.98 Å². The number of hydrogen-bond donors (Lipinski definition) is 2. The van der Waals surface area contributed by atoms with Crippen LogP contribution in [0.15, 0.2) is 46.4 Å². The van der Waals surface area contributed by atoms with E-state index in [0.29, 0.717) is 17.2 Å². The molecule has 5 heteroatoms. The van der Waals surface area contributed by atoms with E-state index in [9.17, 15) is 0 Å². The van der Waals surface area contributed by atoms with Gasteiger partial charge in [-0.15, -0.1) is 0 Å². The van der Waals surface area contributed by atoms with Gasteiger partial charge in [0, 0.05) is 6.21 Å². The average molecular weight is 239 g/mol. The second kappa shape index (κ2) is 5.09. The van der Waals surface area contributed by atoms with Crippen molar-refractivity contribution in [3.8, 4) is 0 Å². The van der Waals surface area contributed by atoms with Gasteiger partial charge in [-0.2, -0.15) is 0 Å². The molecule has 0 radical (unpaired) electrons. The Labute approximate surface area is 105 Å². The molecule has 0 unspecified atom stereocenters. The molecule has 5 nitrogen and oxygen atoms in total. The lowest BCUT2D eigenvalue weighted by atomic mass is 10.2. The molecule has 1 aromatic carbocycles. The van der Waals surface area contributed by atoms with Crippen molar-refractivity contribution >= 4 is 35.9 Å². The molecule has 0 bridgehead atoms. The molecular weight excluding hydrogens is 226 g/mol. The summed E-state index contributed by atoms with van der Waals surface area (Å²) in [5, 5.41) is 0. The van der Waals surface area contributed by atoms with Crippen LogP contribution < -0.4 is 11.5 Å². The van der Waals surface area contributed by atoms with Crippen LogP contribution in [-0.4, -0.2) is 17.9 Å². The monoisotopic (exact) mass is 239 g/mol. The maximum absolute atomic E-state index is 5.76. The number of nitrogen functional groups attached to an aromatic ring is 2. The first-order valence-electron chi connectivity index (χ1n) is 5.32. The van der Waals surface area contributed by atoms with Crippen LogP contribution in [0.5, 0.6) is 0 Å². The van der Waals surface area contributed by atoms with E-state index in [2.05, 4.69) is 21.7 Å². The third-order valence-electron chi connectivity index (χ3n) is 2.34. The average Bonchev–Trinajstić information content (AvgIpc) is 2.40. The van der Waals surface area contributed by atoms with E-state index in [0.717, 1.165) is 5.56 Å². The molecular formula is C13H13N5. The quantitative estimate of drug-likeness (QED) is 0.805. The highest BCUT2D eigenvalue weighted by molar-refractivity contribution is 5.84. The van der Waals surface area contributed by atoms with E-state index in [1.165, 1.54) is 0 Å². The van der Waals surface area contributed by atoms with Crippen molar-refractivity contribution in [3.63, 3.8) is 0 Å². The number of anilines is 2. The molecule has 0 spiro atoms. The van der Waals surface area contributed by atoms with E-state index in [4.69, 9.17) is 11.5 Å². The van der Waals surface area contributed by atoms with Gasteiger partial charge >= 0.3 is 0 Å². The van der Waals surface area contributed by atoms with Gasteiger partial charge in [0.05, 0.1) is 5.69 Å². The Morgan fingerprint density at radius 2 is 1.89 bits per heavy atom. The molecule has 0 aliphatic carbocycles. The van der Waals surface area contributed by atoms with Crippen molar-refractivity contribution in [3.05, 3.63) is 42.0 Å². The zero-order valence-electron chi connectivity index (χ0n) is 9.74. The molecule has 0 aliphatic rings. The van der Waals surface area contributed by atoms with Crippen molar-refractivity contribution in [2.45, 2.75) is 0 Å². The summed E-state index contributed by atoms with van der Waals surface area (Å²) in [7, 11) is 0. The molecule has 0 saturated heterocycles. The van der Waals surface area contributed by atoms with E-state index < -0.39 is 0 Å². The zero-order valence-corrected chi connectivity index (χ0v) is 9.74. The van der Waals surface area contributed by atoms with E-state index in [1.54, 1.807) is 12.3 Å². The largest absolute Gasteiger partial charge is 0.396 e. The van der Waals surface area contributed by atoms with Gasteiger partial charge in [0.25, 0.3) is 0 Å². The van der Waals surface area contributed by atoms with Crippen molar-refractivity contribution < 1.29 is 0 Å². The lowest BCUT2D eigenvalue weighted by Crippen LogP contribution is -1.95. The molecule has 18 heavy (non-hydrogen) atoms. The van der Waals surface area contributed by atoms with Gasteiger partial charge < -0.3 is 11.5 Å². The van der Waals surface area contributed by atoms with Crippen molar-refractivity contribution in [2.75, 3.05) is 11.5 Å². The first-order chi connectivity index (χ1) is 8.70. The van der Waals surface area contributed by atoms with Crippen LogP contribution in [0.3, 0.4) is 0 Å². The van der Waals surface area contributed by atoms with Crippen LogP contribution in [0.4, 0.5) is 23.0 Å². The summed E-state index contributed by atoms with van der Waals surface area (Å²) in [6.07, 6.45) is 1.70. The fourth-order valence-electron chi connectivity index (χ4n) is 1.43. The topological polar surface area (TPSA) is 89.6 Å². The van der Waals surface area contributed by atoms with Crippen LogP contribution in [0.1, 0.15) is 5.56 Å². The molecule has 0 amide bonds. The number of aliphatic imine (C=N–C) groups is 2. The number of rotatable bonds is 3. The van der Waals surface area contributed by atoms with Gasteiger partial charge in [-0.1, -0.05) is 30.3 Å². The fraction of sp³-hybridized carbons (Fsp3) is 0. The second-order valence-corrected chi connectivity index (χ2v) is 3.63. The minimum atomic E-state index is 0.277. The highest BCUT2D eigenvalue weighted by atomic mass is 15.0. The summed E-state index contributed by atoms with van der Waals surface area (Å²) in [5.74, 6) is 0.602. The normalized spacial score (nSPS) is 10.7. The Morgan fingerprint density at radius 1 is 1.17 bits per heavy atom. The molecule has 2 aromatic rings. The predicted molar refractivity (Wildman–Crippen MR) is 76.0 cm³/mol. The van der Waals surface area contributed by atoms with Crippen LogP contribution in [0, 0.1) is 0 Å². The Hall–Kier alpha value is -2.69. The standard InChI is InChI=1S/C13H13N5/c1-16-13-10(14)7-11(12(15)18-13)17-8-9-5-3-2-4-6-9/h2-8H,1,14H2,(H2,15,18). The Balaban J connectivity index is 2.33. The Kier molecular flexibility index (Phi) is 3.33. The lowest BCUT2D eigenvalue weighted by molar-refractivity contribution is 1.28. The van der Waals surface area contributed by atoms with Crippen LogP contribution in [-0.2, 0) is 0 Å². The molecule has 0 aliphatic heterocycles. The van der Waals surface area contributed by atoms with Gasteiger partial charge in [0.15, 0.2) is 11.6 Å². The predicted octanol–water partition coefficient (Wildman–Crippen LogP) is 2.33. The summed E-state index contributed by atoms with van der Waals surface area (Å²) in [6.45, 7) is 3.37. The molecule has 0 fully saturated rings. The van der Waals surface area contributed by atoms with Gasteiger partial charge in [-0.3, -0.25) is 4.99 Å². The molecule has 2 rings (SSSR count). The summed E-state index contributed by atoms with van der Waals surface area (Å²) < 4.78 is 0. The van der Waals surface area contributed by atoms with Gasteiger partial charge in [0.1, 0.15) is 5.69 Å². The maximum Gasteiger partial charge on any atom is 0.176 e. The molecule has 1 heterocycles. The second-order valence-electron chi connectivity index (χ2n) is 3.63. The van der Waals surface area contributed by atoms with Crippen molar-refractivity contribution in [1.82, 2.24) is 4.98 Å². The summed E-state index contributed by atoms with van der Waals surface area (Å²) in [5.41, 5.74) is 13.4. The first-order valence-corrected chi connectivity index (χ1v) is 5.32. The first kappa shape index (κ1) is 11.8. The third kappa shape index (κ3) is 2.52. The number of benzene rings is 1. The Bertz CT molecular complexity index is 590. The number of nitrogens with zero attached hydrogens (tertiary/aromatic N) is 3. The number of hydrogen-bond acceptors (Lipinski definition) is 5. The fourth-order valence-corrected chi connectivity index (χ4v) is 1.43. The summed E-state index contributed by atoms with van der Waals surface area (Å²) in [6, 6.07) is 11.3. The smallest absolute Gasteiger partial charge is 0.176 e. The molecule has 1 aromatic heterocycles. The summed E-state index contributed by atoms with van der Waals surface area (Å²) in [4.78, 5) is 11.9. The molecule has 0 atom stereocenters. The van der Waals surface area contributed by atoms with Crippen molar-refractivity contribution in [2.24, 2.45) is 9.98 Å². The summed E-state index contributed by atoms with van der Waals surface area (Å²) >= 11 is 0. The Morgan fingerprint density at radius 3 is 2.56 bits per heavy atom. The van der Waals surface area contributed by atoms with Gasteiger partial charge in [0.2, 0.25) is 0 Å². The molecule has 90 valence electrons. The third-order valence-corrected chi connectivity index (χ3v) is 2.34. The van der Waals surface area contributed by atoms with E-state index in [-0.39, 0.29) is 5.82 Å². The lowest BCUT2D eigenvalue weighted by Gasteiger charge is -2.03.